The van der Waals surface area contributed by atoms with Gasteiger partial charge in [0.15, 0.2) is 5.65 Å². The third-order valence-electron chi connectivity index (χ3n) is 3.40. The van der Waals surface area contributed by atoms with Crippen LogP contribution in [-0.2, 0) is 11.3 Å². The van der Waals surface area contributed by atoms with Crippen LogP contribution >= 0.6 is 11.3 Å². The maximum Gasteiger partial charge on any atom is 0.350 e. The van der Waals surface area contributed by atoms with Crippen LogP contribution in [0.25, 0.3) is 5.65 Å². The Balaban J connectivity index is 1.50. The number of nitrogens with one attached hydrogen (secondary N) is 1. The molecule has 0 saturated heterocycles. The highest BCUT2D eigenvalue weighted by molar-refractivity contribution is 7.15. The minimum absolute atomic E-state index is 0.154. The average Bonchev–Trinajstić information content (AvgIpc) is 3.19. The van der Waals surface area contributed by atoms with Gasteiger partial charge < -0.3 is 0 Å². The molecule has 0 aliphatic heterocycles. The molecule has 0 radical (unpaired) electrons. The van der Waals surface area contributed by atoms with E-state index in [2.05, 4.69) is 20.6 Å². The van der Waals surface area contributed by atoms with Crippen LogP contribution < -0.4 is 11.0 Å². The number of aromatic nitrogens is 5. The normalized spacial score (nSPS) is 14.4. The molecular weight excluding hydrogens is 304 g/mol. The first-order chi connectivity index (χ1) is 10.7. The SMILES string of the molecule is O=C(Cn1nc2ccccn2c1=O)Nc1nnc(C2CC2)s1. The van der Waals surface area contributed by atoms with Crippen molar-refractivity contribution >= 4 is 28.0 Å². The molecule has 1 fully saturated rings. The monoisotopic (exact) mass is 316 g/mol. The molecule has 8 nitrogen and oxygen atoms in total. The van der Waals surface area contributed by atoms with Crippen molar-refractivity contribution in [3.05, 3.63) is 39.9 Å². The van der Waals surface area contributed by atoms with Crippen LogP contribution in [0, 0.1) is 0 Å². The topological polar surface area (TPSA) is 94.2 Å². The van der Waals surface area contributed by atoms with E-state index in [1.54, 1.807) is 24.4 Å². The van der Waals surface area contributed by atoms with Gasteiger partial charge in [0.2, 0.25) is 11.0 Å². The van der Waals surface area contributed by atoms with Crippen LogP contribution in [0.4, 0.5) is 5.13 Å². The van der Waals surface area contributed by atoms with Crippen LogP contribution in [0.2, 0.25) is 0 Å². The maximum absolute atomic E-state index is 12.1. The van der Waals surface area contributed by atoms with Crippen LogP contribution in [-0.4, -0.2) is 30.3 Å². The number of carbonyl (C=O) groups is 1. The third-order valence-corrected chi connectivity index (χ3v) is 4.40. The zero-order valence-electron chi connectivity index (χ0n) is 11.5. The summed E-state index contributed by atoms with van der Waals surface area (Å²) in [4.78, 5) is 24.1. The minimum atomic E-state index is -0.346. The lowest BCUT2D eigenvalue weighted by molar-refractivity contribution is -0.117. The summed E-state index contributed by atoms with van der Waals surface area (Å²) in [5.74, 6) is 0.160. The Hall–Kier alpha value is -2.55. The fourth-order valence-corrected chi connectivity index (χ4v) is 3.07. The molecule has 22 heavy (non-hydrogen) atoms. The summed E-state index contributed by atoms with van der Waals surface area (Å²) < 4.78 is 2.52. The van der Waals surface area contributed by atoms with Gasteiger partial charge in [0.05, 0.1) is 0 Å². The molecule has 0 aromatic carbocycles. The van der Waals surface area contributed by atoms with Crippen LogP contribution in [0.15, 0.2) is 29.2 Å². The third kappa shape index (κ3) is 2.39. The molecule has 112 valence electrons. The Morgan fingerprint density at radius 1 is 1.36 bits per heavy atom. The van der Waals surface area contributed by atoms with Gasteiger partial charge in [-0.3, -0.25) is 14.5 Å². The van der Waals surface area contributed by atoms with Crippen molar-refractivity contribution < 1.29 is 4.79 Å². The number of carbonyl (C=O) groups excluding carboxylic acids is 1. The molecule has 1 amide bonds. The Kier molecular flexibility index (Phi) is 3.00. The second-order valence-corrected chi connectivity index (χ2v) is 6.15. The molecule has 1 N–H and O–H groups in total. The van der Waals surface area contributed by atoms with E-state index in [0.717, 1.165) is 22.5 Å². The molecule has 0 bridgehead atoms. The summed E-state index contributed by atoms with van der Waals surface area (Å²) in [5, 5.41) is 16.2. The number of anilines is 1. The summed E-state index contributed by atoms with van der Waals surface area (Å²) in [7, 11) is 0. The predicted octanol–water partition coefficient (Wildman–Crippen LogP) is 0.864. The maximum atomic E-state index is 12.1. The van der Waals surface area contributed by atoms with Gasteiger partial charge in [-0.25, -0.2) is 9.48 Å². The van der Waals surface area contributed by atoms with E-state index in [9.17, 15) is 9.59 Å². The van der Waals surface area contributed by atoms with Crippen molar-refractivity contribution in [2.75, 3.05) is 5.32 Å². The Morgan fingerprint density at radius 2 is 2.23 bits per heavy atom. The Morgan fingerprint density at radius 3 is 3.00 bits per heavy atom. The highest BCUT2D eigenvalue weighted by Crippen LogP contribution is 2.41. The molecular formula is C13H12N6O2S. The lowest BCUT2D eigenvalue weighted by atomic mass is 10.5. The van der Waals surface area contributed by atoms with Gasteiger partial charge in [-0.2, -0.15) is 0 Å². The molecule has 1 saturated carbocycles. The molecule has 3 aromatic rings. The highest BCUT2D eigenvalue weighted by Gasteiger charge is 2.27. The molecule has 1 aliphatic carbocycles. The van der Waals surface area contributed by atoms with E-state index in [1.165, 1.54) is 15.7 Å². The molecule has 3 aromatic heterocycles. The van der Waals surface area contributed by atoms with Crippen molar-refractivity contribution in [2.45, 2.75) is 25.3 Å². The number of hydrogen-bond acceptors (Lipinski definition) is 6. The number of hydrogen-bond donors (Lipinski definition) is 1. The van der Waals surface area contributed by atoms with Crippen molar-refractivity contribution in [2.24, 2.45) is 0 Å². The zero-order chi connectivity index (χ0) is 15.1. The van der Waals surface area contributed by atoms with Crippen molar-refractivity contribution in [3.8, 4) is 0 Å². The Bertz CT molecular complexity index is 907. The van der Waals surface area contributed by atoms with Gasteiger partial charge in [-0.15, -0.1) is 15.3 Å². The fourth-order valence-electron chi connectivity index (χ4n) is 2.15. The summed E-state index contributed by atoms with van der Waals surface area (Å²) in [6, 6.07) is 5.23. The first kappa shape index (κ1) is 13.1. The molecule has 9 heteroatoms. The van der Waals surface area contributed by atoms with E-state index in [0.29, 0.717) is 16.7 Å². The molecule has 0 spiro atoms. The second-order valence-electron chi connectivity index (χ2n) is 5.14. The number of amides is 1. The van der Waals surface area contributed by atoms with Crippen molar-refractivity contribution in [1.29, 1.82) is 0 Å². The Labute approximate surface area is 128 Å². The van der Waals surface area contributed by atoms with Gasteiger partial charge in [-0.1, -0.05) is 17.4 Å². The van der Waals surface area contributed by atoms with Gasteiger partial charge in [0, 0.05) is 12.1 Å². The summed E-state index contributed by atoms with van der Waals surface area (Å²) in [6.07, 6.45) is 3.89. The fraction of sp³-hybridized carbons (Fsp3) is 0.308. The quantitative estimate of drug-likeness (QED) is 0.770. The number of fused-ring (bicyclic) bond motifs is 1. The van der Waals surface area contributed by atoms with E-state index in [1.807, 2.05) is 0 Å². The van der Waals surface area contributed by atoms with Crippen LogP contribution in [0.1, 0.15) is 23.8 Å². The highest BCUT2D eigenvalue weighted by atomic mass is 32.1. The zero-order valence-corrected chi connectivity index (χ0v) is 12.3. The van der Waals surface area contributed by atoms with Gasteiger partial charge in [-0.05, 0) is 25.0 Å². The smallest absolute Gasteiger partial charge is 0.299 e. The first-order valence-electron chi connectivity index (χ1n) is 6.88. The first-order valence-corrected chi connectivity index (χ1v) is 7.70. The molecule has 1 aliphatic rings. The van der Waals surface area contributed by atoms with E-state index in [4.69, 9.17) is 0 Å². The molecule has 0 atom stereocenters. The predicted molar refractivity (Wildman–Crippen MR) is 80.0 cm³/mol. The largest absolute Gasteiger partial charge is 0.350 e. The number of rotatable bonds is 4. The van der Waals surface area contributed by atoms with Crippen LogP contribution in [0.3, 0.4) is 0 Å². The number of pyridine rings is 1. The lowest BCUT2D eigenvalue weighted by Crippen LogP contribution is -2.28. The average molecular weight is 316 g/mol. The summed E-state index contributed by atoms with van der Waals surface area (Å²) in [6.45, 7) is -0.154. The van der Waals surface area contributed by atoms with Gasteiger partial charge in [0.25, 0.3) is 0 Å². The second kappa shape index (κ2) is 5.02. The van der Waals surface area contributed by atoms with Crippen molar-refractivity contribution in [1.82, 2.24) is 24.4 Å². The van der Waals surface area contributed by atoms with E-state index in [-0.39, 0.29) is 18.1 Å². The molecule has 0 unspecified atom stereocenters. The van der Waals surface area contributed by atoms with E-state index >= 15 is 0 Å². The minimum Gasteiger partial charge on any atom is -0.299 e. The summed E-state index contributed by atoms with van der Waals surface area (Å²) in [5.41, 5.74) is 0.161. The molecule has 3 heterocycles. The van der Waals surface area contributed by atoms with Gasteiger partial charge >= 0.3 is 5.69 Å². The van der Waals surface area contributed by atoms with Gasteiger partial charge in [0.1, 0.15) is 11.6 Å². The molecule has 4 rings (SSSR count). The standard InChI is InChI=1S/C13H12N6O2S/c20-10(14-12-16-15-11(22-12)8-4-5-8)7-19-13(21)18-6-2-1-3-9(18)17-19/h1-3,6,8H,4-5,7H2,(H,14,16,20). The number of nitrogens with zero attached hydrogens (tertiary/aromatic N) is 5. The summed E-state index contributed by atoms with van der Waals surface area (Å²) >= 11 is 1.38. The van der Waals surface area contributed by atoms with Crippen molar-refractivity contribution in [3.63, 3.8) is 0 Å². The lowest BCUT2D eigenvalue weighted by Gasteiger charge is -1.99. The van der Waals surface area contributed by atoms with Crippen LogP contribution in [0.5, 0.6) is 0 Å². The van der Waals surface area contributed by atoms with E-state index < -0.39 is 0 Å².